The van der Waals surface area contributed by atoms with Crippen LogP contribution in [0.1, 0.15) is 19.4 Å². The van der Waals surface area contributed by atoms with Crippen LogP contribution < -0.4 is 10.1 Å². The zero-order valence-electron chi connectivity index (χ0n) is 11.8. The first-order valence-corrected chi connectivity index (χ1v) is 7.74. The second-order valence-electron chi connectivity index (χ2n) is 4.97. The lowest BCUT2D eigenvalue weighted by molar-refractivity contribution is 0.482. The molecule has 1 N–H and O–H groups in total. The SMILES string of the molecule is CC(C)NCc1ccc(Oc2cc(Cl)ccc2Cl)cc1Cl. The van der Waals surface area contributed by atoms with Crippen molar-refractivity contribution in [3.05, 3.63) is 57.0 Å². The average Bonchev–Trinajstić information content (AvgIpc) is 2.42. The van der Waals surface area contributed by atoms with Crippen LogP contribution in [0.4, 0.5) is 0 Å². The van der Waals surface area contributed by atoms with Crippen LogP contribution >= 0.6 is 34.8 Å². The zero-order valence-corrected chi connectivity index (χ0v) is 14.1. The summed E-state index contributed by atoms with van der Waals surface area (Å²) < 4.78 is 5.73. The molecule has 0 aliphatic carbocycles. The van der Waals surface area contributed by atoms with Crippen molar-refractivity contribution in [1.29, 1.82) is 0 Å². The topological polar surface area (TPSA) is 21.3 Å². The van der Waals surface area contributed by atoms with Crippen molar-refractivity contribution < 1.29 is 4.74 Å². The highest BCUT2D eigenvalue weighted by Gasteiger charge is 2.07. The Balaban J connectivity index is 2.14. The van der Waals surface area contributed by atoms with Gasteiger partial charge in [0.1, 0.15) is 11.5 Å². The Morgan fingerprint density at radius 1 is 1.00 bits per heavy atom. The van der Waals surface area contributed by atoms with Gasteiger partial charge in [0.2, 0.25) is 0 Å². The summed E-state index contributed by atoms with van der Waals surface area (Å²) in [5.41, 5.74) is 1.02. The largest absolute Gasteiger partial charge is 0.456 e. The third-order valence-electron chi connectivity index (χ3n) is 2.85. The summed E-state index contributed by atoms with van der Waals surface area (Å²) in [6.45, 7) is 4.90. The number of hydrogen-bond donors (Lipinski definition) is 1. The van der Waals surface area contributed by atoms with Crippen LogP contribution in [0.3, 0.4) is 0 Å². The first kappa shape index (κ1) is 16.4. The standard InChI is InChI=1S/C16H16Cl3NO/c1-10(2)20-9-11-3-5-13(8-15(11)19)21-16-7-12(17)4-6-14(16)18/h3-8,10,20H,9H2,1-2H3. The average molecular weight is 345 g/mol. The van der Waals surface area contributed by atoms with E-state index in [0.717, 1.165) is 5.56 Å². The Bertz CT molecular complexity index is 629. The molecular weight excluding hydrogens is 329 g/mol. The van der Waals surface area contributed by atoms with Gasteiger partial charge in [0, 0.05) is 28.7 Å². The summed E-state index contributed by atoms with van der Waals surface area (Å²) in [6.07, 6.45) is 0. The van der Waals surface area contributed by atoms with Crippen LogP contribution in [0.2, 0.25) is 15.1 Å². The third kappa shape index (κ3) is 4.79. The highest BCUT2D eigenvalue weighted by molar-refractivity contribution is 6.34. The summed E-state index contributed by atoms with van der Waals surface area (Å²) in [5, 5.41) is 5.05. The maximum atomic E-state index is 6.27. The van der Waals surface area contributed by atoms with Gasteiger partial charge in [-0.05, 0) is 29.8 Å². The van der Waals surface area contributed by atoms with Crippen LogP contribution in [0.25, 0.3) is 0 Å². The second kappa shape index (κ2) is 7.37. The third-order valence-corrected chi connectivity index (χ3v) is 3.75. The highest BCUT2D eigenvalue weighted by Crippen LogP contribution is 2.33. The first-order chi connectivity index (χ1) is 9.95. The molecule has 2 aromatic rings. The molecule has 0 unspecified atom stereocenters. The molecule has 0 radical (unpaired) electrons. The highest BCUT2D eigenvalue weighted by atomic mass is 35.5. The minimum Gasteiger partial charge on any atom is -0.456 e. The van der Waals surface area contributed by atoms with Crippen LogP contribution in [-0.2, 0) is 6.54 Å². The van der Waals surface area contributed by atoms with E-state index in [1.165, 1.54) is 0 Å². The molecule has 5 heteroatoms. The van der Waals surface area contributed by atoms with Gasteiger partial charge in [-0.1, -0.05) is 54.7 Å². The minimum absolute atomic E-state index is 0.405. The van der Waals surface area contributed by atoms with Crippen molar-refractivity contribution in [2.24, 2.45) is 0 Å². The molecule has 0 spiro atoms. The number of halogens is 3. The van der Waals surface area contributed by atoms with Crippen molar-refractivity contribution in [2.45, 2.75) is 26.4 Å². The number of ether oxygens (including phenoxy) is 1. The number of rotatable bonds is 5. The fraction of sp³-hybridized carbons (Fsp3) is 0.250. The molecular formula is C16H16Cl3NO. The van der Waals surface area contributed by atoms with Gasteiger partial charge in [-0.25, -0.2) is 0 Å². The molecule has 0 fully saturated rings. The Hall–Kier alpha value is -0.930. The fourth-order valence-corrected chi connectivity index (χ4v) is 2.29. The lowest BCUT2D eigenvalue weighted by Crippen LogP contribution is -2.21. The summed E-state index contributed by atoms with van der Waals surface area (Å²) in [4.78, 5) is 0. The summed E-state index contributed by atoms with van der Waals surface area (Å²) in [5.74, 6) is 1.13. The second-order valence-corrected chi connectivity index (χ2v) is 6.22. The molecule has 0 bridgehead atoms. The number of nitrogens with one attached hydrogen (secondary N) is 1. The van der Waals surface area contributed by atoms with E-state index in [-0.39, 0.29) is 0 Å². The van der Waals surface area contributed by atoms with Crippen molar-refractivity contribution in [3.63, 3.8) is 0 Å². The molecule has 0 aromatic heterocycles. The summed E-state index contributed by atoms with van der Waals surface area (Å²) >= 11 is 18.3. The van der Waals surface area contributed by atoms with Gasteiger partial charge in [-0.2, -0.15) is 0 Å². The molecule has 2 aromatic carbocycles. The smallest absolute Gasteiger partial charge is 0.147 e. The van der Waals surface area contributed by atoms with E-state index in [1.54, 1.807) is 24.3 Å². The van der Waals surface area contributed by atoms with Crippen LogP contribution in [0.5, 0.6) is 11.5 Å². The maximum Gasteiger partial charge on any atom is 0.147 e. The van der Waals surface area contributed by atoms with Gasteiger partial charge >= 0.3 is 0 Å². The fourth-order valence-electron chi connectivity index (χ4n) is 1.73. The Labute approximate surface area is 140 Å². The van der Waals surface area contributed by atoms with Crippen molar-refractivity contribution in [3.8, 4) is 11.5 Å². The van der Waals surface area contributed by atoms with Gasteiger partial charge < -0.3 is 10.1 Å². The lowest BCUT2D eigenvalue weighted by Gasteiger charge is -2.12. The molecule has 0 saturated carbocycles. The predicted molar refractivity (Wildman–Crippen MR) is 90.0 cm³/mol. The normalized spacial score (nSPS) is 11.0. The predicted octanol–water partition coefficient (Wildman–Crippen LogP) is 5.94. The maximum absolute atomic E-state index is 6.27. The van der Waals surface area contributed by atoms with Crippen LogP contribution in [0.15, 0.2) is 36.4 Å². The number of hydrogen-bond acceptors (Lipinski definition) is 2. The summed E-state index contributed by atoms with van der Waals surface area (Å²) in [6, 6.07) is 11.1. The Kier molecular flexibility index (Phi) is 5.77. The molecule has 0 heterocycles. The van der Waals surface area contributed by atoms with E-state index in [0.29, 0.717) is 39.2 Å². The Morgan fingerprint density at radius 3 is 2.43 bits per heavy atom. The van der Waals surface area contributed by atoms with Gasteiger partial charge in [0.05, 0.1) is 5.02 Å². The van der Waals surface area contributed by atoms with E-state index >= 15 is 0 Å². The molecule has 0 atom stereocenters. The van der Waals surface area contributed by atoms with Gasteiger partial charge in [-0.3, -0.25) is 0 Å². The summed E-state index contributed by atoms with van der Waals surface area (Å²) in [7, 11) is 0. The monoisotopic (exact) mass is 343 g/mol. The molecule has 0 amide bonds. The van der Waals surface area contributed by atoms with Crippen LogP contribution in [0, 0.1) is 0 Å². The number of benzene rings is 2. The van der Waals surface area contributed by atoms with Crippen molar-refractivity contribution in [2.75, 3.05) is 0 Å². The molecule has 21 heavy (non-hydrogen) atoms. The van der Waals surface area contributed by atoms with E-state index < -0.39 is 0 Å². The quantitative estimate of drug-likeness (QED) is 0.725. The molecule has 2 rings (SSSR count). The molecule has 0 saturated heterocycles. The van der Waals surface area contributed by atoms with Gasteiger partial charge in [0.15, 0.2) is 0 Å². The van der Waals surface area contributed by atoms with Gasteiger partial charge in [-0.15, -0.1) is 0 Å². The van der Waals surface area contributed by atoms with Crippen LogP contribution in [-0.4, -0.2) is 6.04 Å². The minimum atomic E-state index is 0.405. The zero-order chi connectivity index (χ0) is 15.4. The van der Waals surface area contributed by atoms with Crippen molar-refractivity contribution in [1.82, 2.24) is 5.32 Å². The van der Waals surface area contributed by atoms with Gasteiger partial charge in [0.25, 0.3) is 0 Å². The lowest BCUT2D eigenvalue weighted by atomic mass is 10.2. The molecule has 0 aliphatic heterocycles. The van der Waals surface area contributed by atoms with E-state index in [2.05, 4.69) is 19.2 Å². The molecule has 112 valence electrons. The van der Waals surface area contributed by atoms with E-state index in [4.69, 9.17) is 39.5 Å². The van der Waals surface area contributed by atoms with E-state index in [1.807, 2.05) is 12.1 Å². The van der Waals surface area contributed by atoms with Crippen molar-refractivity contribution >= 4 is 34.8 Å². The first-order valence-electron chi connectivity index (χ1n) is 6.60. The molecule has 2 nitrogen and oxygen atoms in total. The Morgan fingerprint density at radius 2 is 1.76 bits per heavy atom. The molecule has 0 aliphatic rings. The van der Waals surface area contributed by atoms with E-state index in [9.17, 15) is 0 Å².